The third-order valence-electron chi connectivity index (χ3n) is 2.28. The Morgan fingerprint density at radius 3 is 2.62 bits per heavy atom. The van der Waals surface area contributed by atoms with Gasteiger partial charge in [0.05, 0.1) is 0 Å². The second kappa shape index (κ2) is 5.32. The summed E-state index contributed by atoms with van der Waals surface area (Å²) < 4.78 is 0. The second-order valence-electron chi connectivity index (χ2n) is 3.09. The summed E-state index contributed by atoms with van der Waals surface area (Å²) in [5.41, 5.74) is 1.29. The number of hydrogen-bond donors (Lipinski definition) is 1. The van der Waals surface area contributed by atoms with Crippen LogP contribution in [0.1, 0.15) is 45.2 Å². The van der Waals surface area contributed by atoms with E-state index in [1.165, 1.54) is 18.5 Å². The fraction of sp³-hybridized carbons (Fsp3) is 0.700. The van der Waals surface area contributed by atoms with E-state index in [0.717, 1.165) is 10.9 Å². The maximum absolute atomic E-state index is 4.33. The highest BCUT2D eigenvalue weighted by Gasteiger charge is 2.09. The SMILES string of the molecule is CCSc1ncc(C(CC)CC)[nH]1. The van der Waals surface area contributed by atoms with Crippen molar-refractivity contribution in [3.63, 3.8) is 0 Å². The molecule has 0 bridgehead atoms. The Hall–Kier alpha value is -0.440. The number of aromatic amines is 1. The van der Waals surface area contributed by atoms with Crippen LogP contribution in [0.5, 0.6) is 0 Å². The molecule has 0 saturated heterocycles. The van der Waals surface area contributed by atoms with Crippen molar-refractivity contribution in [1.29, 1.82) is 0 Å². The smallest absolute Gasteiger partial charge is 0.165 e. The molecule has 74 valence electrons. The Bertz CT molecular complexity index is 241. The predicted molar refractivity (Wildman–Crippen MR) is 58.3 cm³/mol. The van der Waals surface area contributed by atoms with Gasteiger partial charge in [-0.15, -0.1) is 0 Å². The van der Waals surface area contributed by atoms with Gasteiger partial charge in [0.25, 0.3) is 0 Å². The minimum atomic E-state index is 0.652. The van der Waals surface area contributed by atoms with E-state index in [1.807, 2.05) is 6.20 Å². The molecular formula is C10H18N2S. The molecule has 1 heterocycles. The molecule has 0 amide bonds. The van der Waals surface area contributed by atoms with Gasteiger partial charge in [-0.3, -0.25) is 0 Å². The van der Waals surface area contributed by atoms with Crippen LogP contribution in [0.2, 0.25) is 0 Å². The standard InChI is InChI=1S/C10H18N2S/c1-4-8(5-2)9-7-11-10(12-9)13-6-3/h7-8H,4-6H2,1-3H3,(H,11,12). The summed E-state index contributed by atoms with van der Waals surface area (Å²) in [6, 6.07) is 0. The van der Waals surface area contributed by atoms with Gasteiger partial charge in [-0.2, -0.15) is 0 Å². The number of hydrogen-bond acceptors (Lipinski definition) is 2. The van der Waals surface area contributed by atoms with Crippen molar-refractivity contribution in [2.24, 2.45) is 0 Å². The van der Waals surface area contributed by atoms with Gasteiger partial charge in [0, 0.05) is 17.8 Å². The number of rotatable bonds is 5. The molecule has 0 fully saturated rings. The molecule has 0 atom stereocenters. The molecule has 13 heavy (non-hydrogen) atoms. The van der Waals surface area contributed by atoms with E-state index in [4.69, 9.17) is 0 Å². The van der Waals surface area contributed by atoms with Crippen molar-refractivity contribution in [2.45, 2.75) is 44.7 Å². The molecule has 0 aliphatic rings. The van der Waals surface area contributed by atoms with Gasteiger partial charge in [0.2, 0.25) is 0 Å². The van der Waals surface area contributed by atoms with Gasteiger partial charge in [-0.05, 0) is 18.6 Å². The third-order valence-corrected chi connectivity index (χ3v) is 3.05. The van der Waals surface area contributed by atoms with E-state index >= 15 is 0 Å². The summed E-state index contributed by atoms with van der Waals surface area (Å²) in [7, 11) is 0. The second-order valence-corrected chi connectivity index (χ2v) is 4.34. The molecule has 1 aromatic rings. The molecule has 0 unspecified atom stereocenters. The van der Waals surface area contributed by atoms with Gasteiger partial charge in [-0.25, -0.2) is 4.98 Å². The topological polar surface area (TPSA) is 28.7 Å². The first kappa shape index (κ1) is 10.6. The largest absolute Gasteiger partial charge is 0.337 e. The number of nitrogens with zero attached hydrogens (tertiary/aromatic N) is 1. The van der Waals surface area contributed by atoms with Crippen molar-refractivity contribution < 1.29 is 0 Å². The molecule has 1 N–H and O–H groups in total. The van der Waals surface area contributed by atoms with E-state index in [1.54, 1.807) is 11.8 Å². The quantitative estimate of drug-likeness (QED) is 0.734. The Kier molecular flexibility index (Phi) is 4.36. The maximum atomic E-state index is 4.33. The number of thioether (sulfide) groups is 1. The lowest BCUT2D eigenvalue weighted by Gasteiger charge is -2.08. The van der Waals surface area contributed by atoms with Crippen molar-refractivity contribution in [1.82, 2.24) is 9.97 Å². The fourth-order valence-corrected chi connectivity index (χ4v) is 2.05. The van der Waals surface area contributed by atoms with E-state index < -0.39 is 0 Å². The monoisotopic (exact) mass is 198 g/mol. The van der Waals surface area contributed by atoms with Crippen LogP contribution in [0.25, 0.3) is 0 Å². The summed E-state index contributed by atoms with van der Waals surface area (Å²) in [5, 5.41) is 1.06. The average molecular weight is 198 g/mol. The summed E-state index contributed by atoms with van der Waals surface area (Å²) in [6.45, 7) is 6.59. The van der Waals surface area contributed by atoms with Crippen LogP contribution in [0.15, 0.2) is 11.4 Å². The number of aromatic nitrogens is 2. The van der Waals surface area contributed by atoms with E-state index in [-0.39, 0.29) is 0 Å². The molecule has 3 heteroatoms. The molecule has 0 spiro atoms. The Morgan fingerprint density at radius 1 is 1.38 bits per heavy atom. The van der Waals surface area contributed by atoms with Gasteiger partial charge >= 0.3 is 0 Å². The third kappa shape index (κ3) is 2.76. The molecular weight excluding hydrogens is 180 g/mol. The van der Waals surface area contributed by atoms with Gasteiger partial charge < -0.3 is 4.98 Å². The van der Waals surface area contributed by atoms with Gasteiger partial charge in [-0.1, -0.05) is 32.5 Å². The van der Waals surface area contributed by atoms with Crippen LogP contribution in [0.4, 0.5) is 0 Å². The average Bonchev–Trinajstić information content (AvgIpc) is 2.56. The molecule has 1 rings (SSSR count). The zero-order chi connectivity index (χ0) is 9.68. The zero-order valence-corrected chi connectivity index (χ0v) is 9.45. The molecule has 0 radical (unpaired) electrons. The van der Waals surface area contributed by atoms with Crippen LogP contribution >= 0.6 is 11.8 Å². The van der Waals surface area contributed by atoms with Crippen molar-refractivity contribution in [3.05, 3.63) is 11.9 Å². The van der Waals surface area contributed by atoms with E-state index in [2.05, 4.69) is 30.7 Å². The molecule has 0 saturated carbocycles. The van der Waals surface area contributed by atoms with Gasteiger partial charge in [0.15, 0.2) is 5.16 Å². The number of H-pyrrole nitrogens is 1. The van der Waals surface area contributed by atoms with Crippen LogP contribution < -0.4 is 0 Å². The zero-order valence-electron chi connectivity index (χ0n) is 8.63. The minimum absolute atomic E-state index is 0.652. The minimum Gasteiger partial charge on any atom is -0.337 e. The molecule has 0 aliphatic heterocycles. The lowest BCUT2D eigenvalue weighted by atomic mass is 10.0. The number of nitrogens with one attached hydrogen (secondary N) is 1. The first-order valence-corrected chi connectivity index (χ1v) is 5.98. The van der Waals surface area contributed by atoms with Crippen LogP contribution in [-0.4, -0.2) is 15.7 Å². The van der Waals surface area contributed by atoms with Crippen molar-refractivity contribution >= 4 is 11.8 Å². The van der Waals surface area contributed by atoms with Crippen molar-refractivity contribution in [3.8, 4) is 0 Å². The Morgan fingerprint density at radius 2 is 2.08 bits per heavy atom. The van der Waals surface area contributed by atoms with Crippen molar-refractivity contribution in [2.75, 3.05) is 5.75 Å². The highest BCUT2D eigenvalue weighted by molar-refractivity contribution is 7.99. The highest BCUT2D eigenvalue weighted by atomic mass is 32.2. The van der Waals surface area contributed by atoms with Crippen LogP contribution in [-0.2, 0) is 0 Å². The van der Waals surface area contributed by atoms with E-state index in [9.17, 15) is 0 Å². The van der Waals surface area contributed by atoms with E-state index in [0.29, 0.717) is 5.92 Å². The normalized spacial score (nSPS) is 11.1. The first-order chi connectivity index (χ1) is 6.31. The summed E-state index contributed by atoms with van der Waals surface area (Å²) in [4.78, 5) is 7.70. The fourth-order valence-electron chi connectivity index (χ4n) is 1.46. The first-order valence-electron chi connectivity index (χ1n) is 4.99. The Balaban J connectivity index is 2.66. The lowest BCUT2D eigenvalue weighted by molar-refractivity contribution is 0.624. The molecule has 0 aromatic carbocycles. The summed E-state index contributed by atoms with van der Waals surface area (Å²) >= 11 is 1.77. The predicted octanol–water partition coefficient (Wildman–Crippen LogP) is 3.43. The van der Waals surface area contributed by atoms with Crippen LogP contribution in [0, 0.1) is 0 Å². The van der Waals surface area contributed by atoms with Gasteiger partial charge in [0.1, 0.15) is 0 Å². The summed E-state index contributed by atoms with van der Waals surface area (Å²) in [6.07, 6.45) is 4.36. The summed E-state index contributed by atoms with van der Waals surface area (Å²) in [5.74, 6) is 1.73. The molecule has 2 nitrogen and oxygen atoms in total. The Labute approximate surface area is 84.5 Å². The lowest BCUT2D eigenvalue weighted by Crippen LogP contribution is -1.95. The number of imidazole rings is 1. The molecule has 0 aliphatic carbocycles. The molecule has 1 aromatic heterocycles. The van der Waals surface area contributed by atoms with Crippen LogP contribution in [0.3, 0.4) is 0 Å². The maximum Gasteiger partial charge on any atom is 0.165 e. The highest BCUT2D eigenvalue weighted by Crippen LogP contribution is 2.23.